The lowest BCUT2D eigenvalue weighted by Crippen LogP contribution is -2.55. The van der Waals surface area contributed by atoms with Gasteiger partial charge in [0.15, 0.2) is 0 Å². The van der Waals surface area contributed by atoms with Gasteiger partial charge in [0.1, 0.15) is 23.2 Å². The number of alkyl halides is 1. The van der Waals surface area contributed by atoms with E-state index < -0.39 is 28.7 Å². The van der Waals surface area contributed by atoms with Gasteiger partial charge in [-0.25, -0.2) is 4.79 Å². The van der Waals surface area contributed by atoms with E-state index in [0.29, 0.717) is 0 Å². The van der Waals surface area contributed by atoms with E-state index in [2.05, 4.69) is 15.9 Å². The zero-order chi connectivity index (χ0) is 16.3. The van der Waals surface area contributed by atoms with Gasteiger partial charge in [0.25, 0.3) is 0 Å². The molecule has 1 saturated heterocycles. The summed E-state index contributed by atoms with van der Waals surface area (Å²) in [5.74, 6) is -1.20. The largest absolute Gasteiger partial charge is 0.480 e. The molecule has 3 N–H and O–H groups in total. The summed E-state index contributed by atoms with van der Waals surface area (Å²) in [7, 11) is 0. The summed E-state index contributed by atoms with van der Waals surface area (Å²) >= 11 is 3.27. The Morgan fingerprint density at radius 1 is 1.50 bits per heavy atom. The molecule has 1 amide bonds. The van der Waals surface area contributed by atoms with Crippen LogP contribution in [0.1, 0.15) is 18.9 Å². The van der Waals surface area contributed by atoms with E-state index in [-0.39, 0.29) is 13.0 Å². The average Bonchev–Trinajstić information content (AvgIpc) is 2.88. The van der Waals surface area contributed by atoms with E-state index in [0.717, 1.165) is 10.6 Å². The number of amides is 1. The highest BCUT2D eigenvalue weighted by molar-refractivity contribution is 9.09. The van der Waals surface area contributed by atoms with Crippen LogP contribution in [-0.4, -0.2) is 38.8 Å². The van der Waals surface area contributed by atoms with Gasteiger partial charge in [-0.3, -0.25) is 9.63 Å². The summed E-state index contributed by atoms with van der Waals surface area (Å²) < 4.78 is 5.15. The highest BCUT2D eigenvalue weighted by Gasteiger charge is 2.48. The van der Waals surface area contributed by atoms with Crippen molar-refractivity contribution in [3.63, 3.8) is 0 Å². The van der Waals surface area contributed by atoms with Crippen molar-refractivity contribution in [3.8, 4) is 0 Å². The quantitative estimate of drug-likeness (QED) is 0.617. The van der Waals surface area contributed by atoms with Crippen LogP contribution in [0.25, 0.3) is 0 Å². The fourth-order valence-electron chi connectivity index (χ4n) is 1.95. The van der Waals surface area contributed by atoms with Gasteiger partial charge in [0.05, 0.1) is 0 Å². The first kappa shape index (κ1) is 16.7. The third-order valence-corrected chi connectivity index (χ3v) is 4.16. The summed E-state index contributed by atoms with van der Waals surface area (Å²) in [6.07, 6.45) is -1.28. The van der Waals surface area contributed by atoms with Crippen LogP contribution in [0.4, 0.5) is 4.79 Å². The molecule has 2 rings (SSSR count). The van der Waals surface area contributed by atoms with E-state index in [1.807, 2.05) is 30.3 Å². The second kappa shape index (κ2) is 6.64. The first-order valence-corrected chi connectivity index (χ1v) is 7.57. The minimum atomic E-state index is -1.60. The molecule has 1 aliphatic rings. The van der Waals surface area contributed by atoms with Crippen molar-refractivity contribution in [1.29, 1.82) is 0 Å². The number of halogens is 1. The van der Waals surface area contributed by atoms with Crippen LogP contribution >= 0.6 is 15.9 Å². The Morgan fingerprint density at radius 2 is 2.14 bits per heavy atom. The number of aliphatic carboxylic acids is 1. The van der Waals surface area contributed by atoms with Crippen molar-refractivity contribution in [1.82, 2.24) is 5.06 Å². The number of carbonyl (C=O) groups excluding carboxylic acids is 1. The number of ether oxygens (including phenoxy) is 1. The Hall–Kier alpha value is -1.64. The van der Waals surface area contributed by atoms with Crippen LogP contribution in [0.3, 0.4) is 0 Å². The molecule has 0 aliphatic carbocycles. The number of carboxylic acids is 1. The third-order valence-electron chi connectivity index (χ3n) is 3.42. The third kappa shape index (κ3) is 3.57. The summed E-state index contributed by atoms with van der Waals surface area (Å²) in [6.45, 7) is 1.45. The van der Waals surface area contributed by atoms with E-state index in [9.17, 15) is 9.59 Å². The van der Waals surface area contributed by atoms with Crippen LogP contribution in [0.15, 0.2) is 30.3 Å². The molecule has 22 heavy (non-hydrogen) atoms. The van der Waals surface area contributed by atoms with Crippen molar-refractivity contribution in [3.05, 3.63) is 35.9 Å². The van der Waals surface area contributed by atoms with E-state index >= 15 is 0 Å². The van der Waals surface area contributed by atoms with Crippen LogP contribution in [0.5, 0.6) is 0 Å². The molecule has 0 spiro atoms. The molecule has 7 nitrogen and oxygen atoms in total. The first-order chi connectivity index (χ1) is 10.3. The topological polar surface area (TPSA) is 102 Å². The van der Waals surface area contributed by atoms with E-state index in [4.69, 9.17) is 20.4 Å². The molecule has 0 saturated carbocycles. The molecule has 2 unspecified atom stereocenters. The average molecular weight is 373 g/mol. The summed E-state index contributed by atoms with van der Waals surface area (Å²) in [5.41, 5.74) is 4.97. The van der Waals surface area contributed by atoms with Crippen LogP contribution in [-0.2, 0) is 21.0 Å². The van der Waals surface area contributed by atoms with Crippen LogP contribution < -0.4 is 5.73 Å². The molecule has 8 heteroatoms. The SMILES string of the molecule is C[C@](N)(C(=O)O)C1CC(Br)N(C(=O)OCc2ccccc2)O1. The maximum absolute atomic E-state index is 12.0. The lowest BCUT2D eigenvalue weighted by Gasteiger charge is -2.25. The molecular formula is C14H17BrN2O5. The number of carboxylic acid groups (broad SMARTS) is 1. The molecule has 0 radical (unpaired) electrons. The van der Waals surface area contributed by atoms with Gasteiger partial charge in [-0.05, 0) is 12.5 Å². The zero-order valence-corrected chi connectivity index (χ0v) is 13.5. The second-order valence-electron chi connectivity index (χ2n) is 5.22. The van der Waals surface area contributed by atoms with E-state index in [1.165, 1.54) is 6.92 Å². The number of rotatable bonds is 4. The Kier molecular flexibility index (Phi) is 5.05. The number of benzene rings is 1. The minimum Gasteiger partial charge on any atom is -0.480 e. The Morgan fingerprint density at radius 3 is 2.73 bits per heavy atom. The highest BCUT2D eigenvalue weighted by atomic mass is 79.9. The number of carbonyl (C=O) groups is 2. The standard InChI is InChI=1S/C14H17BrN2O5/c1-14(16,12(18)19)10-7-11(15)17(22-10)13(20)21-8-9-5-3-2-4-6-9/h2-6,10-11H,7-8,16H2,1H3,(H,18,19)/t10?,11?,14-/m1/s1. The van der Waals surface area contributed by atoms with Crippen molar-refractivity contribution < 1.29 is 24.3 Å². The molecule has 1 aliphatic heterocycles. The molecule has 1 fully saturated rings. The minimum absolute atomic E-state index is 0.0999. The van der Waals surface area contributed by atoms with Crippen LogP contribution in [0.2, 0.25) is 0 Å². The van der Waals surface area contributed by atoms with E-state index in [1.54, 1.807) is 0 Å². The highest BCUT2D eigenvalue weighted by Crippen LogP contribution is 2.31. The number of nitrogens with two attached hydrogens (primary N) is 1. The lowest BCUT2D eigenvalue weighted by atomic mass is 9.94. The monoisotopic (exact) mass is 372 g/mol. The Labute approximate surface area is 136 Å². The van der Waals surface area contributed by atoms with Crippen molar-refractivity contribution in [2.75, 3.05) is 0 Å². The fourth-order valence-corrected chi connectivity index (χ4v) is 2.55. The molecule has 120 valence electrons. The number of hydrogen-bond acceptors (Lipinski definition) is 5. The number of nitrogens with zero attached hydrogens (tertiary/aromatic N) is 1. The molecule has 0 bridgehead atoms. The molecule has 0 aromatic heterocycles. The predicted octanol–water partition coefficient (Wildman–Crippen LogP) is 1.85. The van der Waals surface area contributed by atoms with Crippen LogP contribution in [0, 0.1) is 0 Å². The van der Waals surface area contributed by atoms with Crippen molar-refractivity contribution >= 4 is 28.0 Å². The zero-order valence-electron chi connectivity index (χ0n) is 11.9. The van der Waals surface area contributed by atoms with Gasteiger partial charge in [-0.1, -0.05) is 46.3 Å². The van der Waals surface area contributed by atoms with Gasteiger partial charge in [-0.2, -0.15) is 5.06 Å². The molecule has 1 heterocycles. The first-order valence-electron chi connectivity index (χ1n) is 6.65. The summed E-state index contributed by atoms with van der Waals surface area (Å²) in [5, 5.41) is 10.1. The Bertz CT molecular complexity index is 551. The maximum atomic E-state index is 12.0. The molecule has 1 aromatic carbocycles. The fraction of sp³-hybridized carbons (Fsp3) is 0.429. The van der Waals surface area contributed by atoms with Gasteiger partial charge in [0, 0.05) is 6.42 Å². The normalized spacial score (nSPS) is 23.9. The smallest absolute Gasteiger partial charge is 0.435 e. The predicted molar refractivity (Wildman–Crippen MR) is 80.9 cm³/mol. The van der Waals surface area contributed by atoms with Crippen molar-refractivity contribution in [2.45, 2.75) is 36.5 Å². The molecule has 1 aromatic rings. The molecule has 3 atom stereocenters. The van der Waals surface area contributed by atoms with Gasteiger partial charge in [0.2, 0.25) is 0 Å². The van der Waals surface area contributed by atoms with Crippen molar-refractivity contribution in [2.24, 2.45) is 5.73 Å². The number of hydroxylamine groups is 2. The van der Waals surface area contributed by atoms with Gasteiger partial charge >= 0.3 is 12.1 Å². The summed E-state index contributed by atoms with van der Waals surface area (Å²) in [6, 6.07) is 9.20. The maximum Gasteiger partial charge on any atom is 0.435 e. The second-order valence-corrected chi connectivity index (χ2v) is 6.28. The lowest BCUT2D eigenvalue weighted by molar-refractivity contribution is -0.167. The summed E-state index contributed by atoms with van der Waals surface area (Å²) in [4.78, 5) is 28.0. The Balaban J connectivity index is 1.95. The molecular weight excluding hydrogens is 356 g/mol. The number of hydrogen-bond donors (Lipinski definition) is 2. The van der Waals surface area contributed by atoms with Gasteiger partial charge in [-0.15, -0.1) is 0 Å². The van der Waals surface area contributed by atoms with Gasteiger partial charge < -0.3 is 15.6 Å².